The van der Waals surface area contributed by atoms with E-state index in [1.54, 1.807) is 28.4 Å². The van der Waals surface area contributed by atoms with Crippen LogP contribution in [0.1, 0.15) is 50.3 Å². The molecule has 0 bridgehead atoms. The van der Waals surface area contributed by atoms with E-state index in [1.807, 2.05) is 6.07 Å². The van der Waals surface area contributed by atoms with Gasteiger partial charge in [0, 0.05) is 5.56 Å². The smallest absolute Gasteiger partial charge is 0.250 e. The van der Waals surface area contributed by atoms with Gasteiger partial charge in [-0.25, -0.2) is 0 Å². The predicted octanol–water partition coefficient (Wildman–Crippen LogP) is 6.87. The Bertz CT molecular complexity index is 1030. The van der Waals surface area contributed by atoms with Crippen molar-refractivity contribution in [3.05, 3.63) is 47.0 Å². The lowest BCUT2D eigenvalue weighted by Crippen LogP contribution is -2.43. The number of fused-ring (bicyclic) bond motifs is 1. The average molecular weight is 471 g/mol. The Kier molecular flexibility index (Phi) is 7.37. The largest absolute Gasteiger partial charge is 0.541 e. The quantitative estimate of drug-likeness (QED) is 0.413. The van der Waals surface area contributed by atoms with Gasteiger partial charge in [0.25, 0.3) is 8.32 Å². The fourth-order valence-electron chi connectivity index (χ4n) is 3.96. The SMILES string of the molecule is COc1ccc(C2=CCCCc3c2cc(OC)c(OC)c3OC)cc1O[Si](C)(C)C(C)(C)C. The van der Waals surface area contributed by atoms with Crippen LogP contribution < -0.4 is 23.4 Å². The number of rotatable bonds is 7. The predicted molar refractivity (Wildman–Crippen MR) is 137 cm³/mol. The summed E-state index contributed by atoms with van der Waals surface area (Å²) in [6.45, 7) is 11.2. The van der Waals surface area contributed by atoms with Crippen LogP contribution in [0.3, 0.4) is 0 Å². The number of allylic oxidation sites excluding steroid dienone is 1. The third kappa shape index (κ3) is 4.86. The third-order valence-corrected chi connectivity index (χ3v) is 11.2. The Morgan fingerprint density at radius 1 is 0.788 bits per heavy atom. The summed E-state index contributed by atoms with van der Waals surface area (Å²) < 4.78 is 29.5. The minimum atomic E-state index is -2.05. The van der Waals surface area contributed by atoms with E-state index < -0.39 is 8.32 Å². The fourth-order valence-corrected chi connectivity index (χ4v) is 4.98. The van der Waals surface area contributed by atoms with Gasteiger partial charge in [0.2, 0.25) is 5.75 Å². The van der Waals surface area contributed by atoms with Crippen LogP contribution in [0.5, 0.6) is 28.7 Å². The molecule has 6 heteroatoms. The molecule has 2 aromatic rings. The van der Waals surface area contributed by atoms with E-state index in [2.05, 4.69) is 58.1 Å². The van der Waals surface area contributed by atoms with Gasteiger partial charge in [-0.1, -0.05) is 32.9 Å². The minimum Gasteiger partial charge on any atom is -0.541 e. The summed E-state index contributed by atoms with van der Waals surface area (Å²) >= 11 is 0. The Morgan fingerprint density at radius 2 is 1.45 bits per heavy atom. The molecule has 3 rings (SSSR count). The first-order chi connectivity index (χ1) is 15.6. The molecule has 0 aromatic heterocycles. The van der Waals surface area contributed by atoms with Crippen LogP contribution in [0.25, 0.3) is 5.57 Å². The van der Waals surface area contributed by atoms with E-state index >= 15 is 0 Å². The summed E-state index contributed by atoms with van der Waals surface area (Å²) in [4.78, 5) is 0. The van der Waals surface area contributed by atoms with Gasteiger partial charge in [0.1, 0.15) is 5.75 Å². The molecule has 0 heterocycles. The van der Waals surface area contributed by atoms with E-state index in [1.165, 1.54) is 0 Å². The van der Waals surface area contributed by atoms with Gasteiger partial charge in [0.15, 0.2) is 17.2 Å². The first kappa shape index (κ1) is 25.0. The monoisotopic (exact) mass is 470 g/mol. The number of benzene rings is 2. The second-order valence-corrected chi connectivity index (χ2v) is 14.6. The van der Waals surface area contributed by atoms with Gasteiger partial charge in [-0.3, -0.25) is 0 Å². The molecule has 0 amide bonds. The second kappa shape index (κ2) is 9.72. The lowest BCUT2D eigenvalue weighted by molar-refractivity contribution is 0.322. The first-order valence-corrected chi connectivity index (χ1v) is 14.4. The first-order valence-electron chi connectivity index (χ1n) is 11.5. The van der Waals surface area contributed by atoms with Crippen LogP contribution in [0.15, 0.2) is 30.3 Å². The van der Waals surface area contributed by atoms with Crippen molar-refractivity contribution in [2.45, 2.75) is 58.2 Å². The van der Waals surface area contributed by atoms with E-state index in [-0.39, 0.29) is 5.04 Å². The van der Waals surface area contributed by atoms with Gasteiger partial charge in [-0.05, 0) is 72.3 Å². The Morgan fingerprint density at radius 3 is 2.03 bits per heavy atom. The van der Waals surface area contributed by atoms with Crippen molar-refractivity contribution in [1.82, 2.24) is 0 Å². The highest BCUT2D eigenvalue weighted by atomic mass is 28.4. The molecule has 0 radical (unpaired) electrons. The Hall–Kier alpha value is -2.60. The molecule has 0 saturated carbocycles. The van der Waals surface area contributed by atoms with E-state index in [4.69, 9.17) is 23.4 Å². The molecule has 2 aromatic carbocycles. The van der Waals surface area contributed by atoms with Crippen molar-refractivity contribution in [3.63, 3.8) is 0 Å². The summed E-state index contributed by atoms with van der Waals surface area (Å²) in [5.41, 5.74) is 4.47. The van der Waals surface area contributed by atoms with Gasteiger partial charge < -0.3 is 23.4 Å². The molecule has 0 aliphatic heterocycles. The highest BCUT2D eigenvalue weighted by Crippen LogP contribution is 2.48. The second-order valence-electron chi connectivity index (χ2n) is 9.91. The maximum Gasteiger partial charge on any atom is 0.250 e. The van der Waals surface area contributed by atoms with Gasteiger partial charge in [-0.15, -0.1) is 0 Å². The van der Waals surface area contributed by atoms with E-state index in [0.717, 1.165) is 58.8 Å². The van der Waals surface area contributed by atoms with Crippen LogP contribution in [-0.2, 0) is 6.42 Å². The van der Waals surface area contributed by atoms with Crippen LogP contribution >= 0.6 is 0 Å². The number of ether oxygens (including phenoxy) is 4. The molecule has 5 nitrogen and oxygen atoms in total. The van der Waals surface area contributed by atoms with Crippen LogP contribution in [-0.4, -0.2) is 36.8 Å². The zero-order chi connectivity index (χ0) is 24.4. The summed E-state index contributed by atoms with van der Waals surface area (Å²) in [6, 6.07) is 8.28. The Balaban J connectivity index is 2.18. The minimum absolute atomic E-state index is 0.0828. The molecular formula is C27H38O5Si. The zero-order valence-corrected chi connectivity index (χ0v) is 22.5. The molecule has 0 saturated heterocycles. The molecular weight excluding hydrogens is 432 g/mol. The van der Waals surface area contributed by atoms with E-state index in [9.17, 15) is 0 Å². The number of hydrogen-bond acceptors (Lipinski definition) is 5. The average Bonchev–Trinajstić information content (AvgIpc) is 2.98. The lowest BCUT2D eigenvalue weighted by Gasteiger charge is -2.37. The van der Waals surface area contributed by atoms with Gasteiger partial charge in [0.05, 0.1) is 28.4 Å². The number of hydrogen-bond donors (Lipinski definition) is 0. The standard InChI is InChI=1S/C27H38O5Si/c1-27(2,3)33(8,9)32-23-16-18(14-15-22(23)28-4)19-12-10-11-13-20-21(19)17-24(29-5)26(31-7)25(20)30-6/h12,14-17H,10-11,13H2,1-9H3. The van der Waals surface area contributed by atoms with Crippen molar-refractivity contribution >= 4 is 13.9 Å². The zero-order valence-electron chi connectivity index (χ0n) is 21.5. The van der Waals surface area contributed by atoms with Crippen molar-refractivity contribution in [2.75, 3.05) is 28.4 Å². The van der Waals surface area contributed by atoms with E-state index in [0.29, 0.717) is 11.5 Å². The highest BCUT2D eigenvalue weighted by molar-refractivity contribution is 6.74. The molecule has 0 spiro atoms. The van der Waals surface area contributed by atoms with Crippen molar-refractivity contribution in [3.8, 4) is 28.7 Å². The molecule has 0 unspecified atom stereocenters. The Labute approximate surface area is 199 Å². The van der Waals surface area contributed by atoms with Crippen molar-refractivity contribution in [2.24, 2.45) is 0 Å². The van der Waals surface area contributed by atoms with Crippen molar-refractivity contribution < 1.29 is 23.4 Å². The normalized spacial score (nSPS) is 14.0. The molecule has 1 aliphatic carbocycles. The summed E-state index contributed by atoms with van der Waals surface area (Å²) in [6.07, 6.45) is 5.21. The topological polar surface area (TPSA) is 46.2 Å². The highest BCUT2D eigenvalue weighted by Gasteiger charge is 2.39. The molecule has 1 aliphatic rings. The van der Waals surface area contributed by atoms with Crippen LogP contribution in [0.2, 0.25) is 18.1 Å². The number of methoxy groups -OCH3 is 4. The van der Waals surface area contributed by atoms with Crippen LogP contribution in [0.4, 0.5) is 0 Å². The molecule has 0 fully saturated rings. The third-order valence-electron chi connectivity index (χ3n) is 6.85. The molecule has 33 heavy (non-hydrogen) atoms. The summed E-state index contributed by atoms with van der Waals surface area (Å²) in [5, 5.41) is 0.0828. The maximum atomic E-state index is 6.68. The van der Waals surface area contributed by atoms with Crippen LogP contribution in [0, 0.1) is 0 Å². The summed E-state index contributed by atoms with van der Waals surface area (Å²) in [5.74, 6) is 3.58. The lowest BCUT2D eigenvalue weighted by atomic mass is 9.92. The molecule has 0 atom stereocenters. The van der Waals surface area contributed by atoms with Crippen molar-refractivity contribution in [1.29, 1.82) is 0 Å². The van der Waals surface area contributed by atoms with Gasteiger partial charge in [-0.2, -0.15) is 0 Å². The fraction of sp³-hybridized carbons (Fsp3) is 0.481. The molecule has 180 valence electrons. The summed E-state index contributed by atoms with van der Waals surface area (Å²) in [7, 11) is 4.63. The maximum absolute atomic E-state index is 6.68. The molecule has 0 N–H and O–H groups in total. The van der Waals surface area contributed by atoms with Gasteiger partial charge >= 0.3 is 0 Å².